The number of aliphatic carboxylic acids is 1. The highest BCUT2D eigenvalue weighted by atomic mass is 16.4. The van der Waals surface area contributed by atoms with Crippen LogP contribution >= 0.6 is 0 Å². The lowest BCUT2D eigenvalue weighted by atomic mass is 9.79. The van der Waals surface area contributed by atoms with Crippen molar-refractivity contribution in [2.24, 2.45) is 11.7 Å². The molecule has 5 nitrogen and oxygen atoms in total. The Morgan fingerprint density at radius 2 is 1.95 bits per heavy atom. The van der Waals surface area contributed by atoms with Crippen LogP contribution in [0.15, 0.2) is 0 Å². The van der Waals surface area contributed by atoms with Gasteiger partial charge in [-0.2, -0.15) is 0 Å². The molecule has 1 saturated carbocycles. The second-order valence-electron chi connectivity index (χ2n) is 5.73. The predicted octanol–water partition coefficient (Wildman–Crippen LogP) is 1.66. The number of hydrogen-bond acceptors (Lipinski definition) is 3. The van der Waals surface area contributed by atoms with Crippen molar-refractivity contribution in [3.63, 3.8) is 0 Å². The number of carboxylic acids is 1. The molecule has 0 saturated heterocycles. The van der Waals surface area contributed by atoms with E-state index in [9.17, 15) is 9.59 Å². The molecule has 0 spiro atoms. The molecule has 0 radical (unpaired) electrons. The van der Waals surface area contributed by atoms with Crippen LogP contribution in [-0.4, -0.2) is 29.1 Å². The summed E-state index contributed by atoms with van der Waals surface area (Å²) in [6.07, 6.45) is 6.26. The Morgan fingerprint density at radius 1 is 1.32 bits per heavy atom. The highest BCUT2D eigenvalue weighted by Crippen LogP contribution is 2.31. The van der Waals surface area contributed by atoms with Gasteiger partial charge in [-0.15, -0.1) is 0 Å². The summed E-state index contributed by atoms with van der Waals surface area (Å²) in [4.78, 5) is 23.2. The normalized spacial score (nSPS) is 19.7. The van der Waals surface area contributed by atoms with Crippen LogP contribution in [0.25, 0.3) is 0 Å². The van der Waals surface area contributed by atoms with Gasteiger partial charge in [0.05, 0.1) is 12.0 Å². The van der Waals surface area contributed by atoms with Crippen LogP contribution in [0.5, 0.6) is 0 Å². The number of nitrogens with one attached hydrogen (secondary N) is 1. The van der Waals surface area contributed by atoms with Crippen molar-refractivity contribution in [1.29, 1.82) is 0 Å². The Balaban J connectivity index is 2.61. The zero-order valence-electron chi connectivity index (χ0n) is 11.8. The van der Waals surface area contributed by atoms with E-state index in [1.165, 1.54) is 0 Å². The molecule has 1 fully saturated rings. The van der Waals surface area contributed by atoms with Crippen LogP contribution < -0.4 is 11.1 Å². The average molecular weight is 270 g/mol. The fourth-order valence-corrected chi connectivity index (χ4v) is 2.80. The van der Waals surface area contributed by atoms with E-state index in [1.54, 1.807) is 0 Å². The summed E-state index contributed by atoms with van der Waals surface area (Å²) >= 11 is 0. The first-order valence-electron chi connectivity index (χ1n) is 7.23. The molecule has 110 valence electrons. The third kappa shape index (κ3) is 5.19. The topological polar surface area (TPSA) is 92.4 Å². The Morgan fingerprint density at radius 3 is 2.47 bits per heavy atom. The van der Waals surface area contributed by atoms with E-state index >= 15 is 0 Å². The van der Waals surface area contributed by atoms with Crippen molar-refractivity contribution in [2.75, 3.05) is 6.54 Å². The minimum Gasteiger partial charge on any atom is -0.481 e. The van der Waals surface area contributed by atoms with E-state index in [1.807, 2.05) is 6.92 Å². The Hall–Kier alpha value is -1.10. The number of rotatable bonds is 7. The van der Waals surface area contributed by atoms with Gasteiger partial charge in [-0.1, -0.05) is 26.2 Å². The molecule has 1 aliphatic rings. The van der Waals surface area contributed by atoms with Gasteiger partial charge in [0.2, 0.25) is 5.91 Å². The molecule has 1 aliphatic carbocycles. The highest BCUT2D eigenvalue weighted by molar-refractivity contribution is 5.80. The lowest BCUT2D eigenvalue weighted by Gasteiger charge is -2.37. The molecule has 1 unspecified atom stereocenters. The molecule has 4 N–H and O–H groups in total. The van der Waals surface area contributed by atoms with Gasteiger partial charge < -0.3 is 16.2 Å². The lowest BCUT2D eigenvalue weighted by molar-refractivity contribution is -0.140. The highest BCUT2D eigenvalue weighted by Gasteiger charge is 2.36. The van der Waals surface area contributed by atoms with Crippen molar-refractivity contribution in [1.82, 2.24) is 5.32 Å². The molecule has 1 atom stereocenters. The standard InChI is InChI=1S/C14H26N2O3/c1-11(6-5-9-15)13(19)16-14(10-12(17)18)7-3-2-4-8-14/h11H,2-10,15H2,1H3,(H,16,19)(H,17,18). The lowest BCUT2D eigenvalue weighted by Crippen LogP contribution is -2.52. The average Bonchev–Trinajstić information content (AvgIpc) is 2.35. The SMILES string of the molecule is CC(CCCN)C(=O)NC1(CC(=O)O)CCCCC1. The maximum Gasteiger partial charge on any atom is 0.305 e. The number of hydrogen-bond donors (Lipinski definition) is 3. The largest absolute Gasteiger partial charge is 0.481 e. The maximum atomic E-state index is 12.2. The quantitative estimate of drug-likeness (QED) is 0.656. The number of carbonyl (C=O) groups is 2. The van der Waals surface area contributed by atoms with Gasteiger partial charge in [0.25, 0.3) is 0 Å². The van der Waals surface area contributed by atoms with Gasteiger partial charge in [-0.25, -0.2) is 0 Å². The third-order valence-electron chi connectivity index (χ3n) is 3.98. The summed E-state index contributed by atoms with van der Waals surface area (Å²) in [6.45, 7) is 2.46. The van der Waals surface area contributed by atoms with Crippen LogP contribution in [0.1, 0.15) is 58.3 Å². The van der Waals surface area contributed by atoms with E-state index in [0.717, 1.165) is 44.9 Å². The molecule has 19 heavy (non-hydrogen) atoms. The Bertz CT molecular complexity index is 312. The first-order valence-corrected chi connectivity index (χ1v) is 7.23. The van der Waals surface area contributed by atoms with Gasteiger partial charge in [0.15, 0.2) is 0 Å². The third-order valence-corrected chi connectivity index (χ3v) is 3.98. The number of carbonyl (C=O) groups excluding carboxylic acids is 1. The second kappa shape index (κ2) is 7.48. The van der Waals surface area contributed by atoms with Gasteiger partial charge >= 0.3 is 5.97 Å². The molecule has 1 amide bonds. The van der Waals surface area contributed by atoms with Crippen molar-refractivity contribution < 1.29 is 14.7 Å². The molecule has 0 aliphatic heterocycles. The number of carboxylic acid groups (broad SMARTS) is 1. The number of nitrogens with two attached hydrogens (primary N) is 1. The summed E-state index contributed by atoms with van der Waals surface area (Å²) < 4.78 is 0. The van der Waals surface area contributed by atoms with E-state index in [0.29, 0.717) is 6.54 Å². The Labute approximate surface area is 114 Å². The van der Waals surface area contributed by atoms with Gasteiger partial charge in [0.1, 0.15) is 0 Å². The fraction of sp³-hybridized carbons (Fsp3) is 0.857. The van der Waals surface area contributed by atoms with Crippen molar-refractivity contribution in [3.8, 4) is 0 Å². The summed E-state index contributed by atoms with van der Waals surface area (Å²) in [5.41, 5.74) is 4.91. The summed E-state index contributed by atoms with van der Waals surface area (Å²) in [5, 5.41) is 12.1. The molecule has 0 bridgehead atoms. The van der Waals surface area contributed by atoms with Crippen LogP contribution in [0.3, 0.4) is 0 Å². The van der Waals surface area contributed by atoms with Crippen molar-refractivity contribution in [3.05, 3.63) is 0 Å². The van der Waals surface area contributed by atoms with Crippen molar-refractivity contribution in [2.45, 2.75) is 63.8 Å². The zero-order valence-corrected chi connectivity index (χ0v) is 11.8. The van der Waals surface area contributed by atoms with E-state index < -0.39 is 11.5 Å². The molecule has 0 aromatic carbocycles. The molecule has 1 rings (SSSR count). The minimum atomic E-state index is -0.836. The molecule has 0 aromatic rings. The summed E-state index contributed by atoms with van der Waals surface area (Å²) in [5.74, 6) is -0.968. The van der Waals surface area contributed by atoms with E-state index in [4.69, 9.17) is 10.8 Å². The summed E-state index contributed by atoms with van der Waals surface area (Å²) in [7, 11) is 0. The minimum absolute atomic E-state index is 0.0301. The van der Waals surface area contributed by atoms with Gasteiger partial charge in [0, 0.05) is 5.92 Å². The number of amides is 1. The molecular weight excluding hydrogens is 244 g/mol. The molecule has 0 heterocycles. The van der Waals surface area contributed by atoms with Crippen LogP contribution in [0, 0.1) is 5.92 Å². The Kier molecular flexibility index (Phi) is 6.28. The van der Waals surface area contributed by atoms with Crippen LogP contribution in [0.2, 0.25) is 0 Å². The molecular formula is C14H26N2O3. The zero-order chi connectivity index (χ0) is 14.3. The van der Waals surface area contributed by atoms with Crippen molar-refractivity contribution >= 4 is 11.9 Å². The summed E-state index contributed by atoms with van der Waals surface area (Å²) in [6, 6.07) is 0. The van der Waals surface area contributed by atoms with E-state index in [2.05, 4.69) is 5.32 Å². The first-order chi connectivity index (χ1) is 8.99. The van der Waals surface area contributed by atoms with E-state index in [-0.39, 0.29) is 18.2 Å². The second-order valence-corrected chi connectivity index (χ2v) is 5.73. The van der Waals surface area contributed by atoms with Gasteiger partial charge in [-0.3, -0.25) is 9.59 Å². The fourth-order valence-electron chi connectivity index (χ4n) is 2.80. The van der Waals surface area contributed by atoms with Gasteiger partial charge in [-0.05, 0) is 32.2 Å². The maximum absolute atomic E-state index is 12.2. The molecule has 5 heteroatoms. The van der Waals surface area contributed by atoms with Crippen LogP contribution in [0.4, 0.5) is 0 Å². The monoisotopic (exact) mass is 270 g/mol. The predicted molar refractivity (Wildman–Crippen MR) is 73.7 cm³/mol. The molecule has 0 aromatic heterocycles. The first kappa shape index (κ1) is 16.0. The van der Waals surface area contributed by atoms with Crippen LogP contribution in [-0.2, 0) is 9.59 Å². The smallest absolute Gasteiger partial charge is 0.305 e.